The van der Waals surface area contributed by atoms with Crippen molar-refractivity contribution >= 4 is 0 Å². The van der Waals surface area contributed by atoms with Crippen LogP contribution in [-0.2, 0) is 13.1 Å². The van der Waals surface area contributed by atoms with E-state index in [2.05, 4.69) is 36.5 Å². The molecule has 3 heteroatoms. The zero-order valence-corrected chi connectivity index (χ0v) is 11.1. The summed E-state index contributed by atoms with van der Waals surface area (Å²) in [6.07, 6.45) is 2.58. The number of aromatic nitrogens is 2. The lowest BCUT2D eigenvalue weighted by Crippen LogP contribution is -2.03. The quantitative estimate of drug-likeness (QED) is 0.891. The van der Waals surface area contributed by atoms with Crippen LogP contribution in [0.3, 0.4) is 0 Å². The first-order valence-electron chi connectivity index (χ1n) is 6.99. The predicted octanol–water partition coefficient (Wildman–Crippen LogP) is 2.93. The fourth-order valence-corrected chi connectivity index (χ4v) is 2.83. The molecular weight excluding hydrogens is 234 g/mol. The molecule has 2 heterocycles. The van der Waals surface area contributed by atoms with Crippen molar-refractivity contribution in [3.8, 4) is 11.4 Å². The third-order valence-corrected chi connectivity index (χ3v) is 4.07. The molecule has 0 spiro atoms. The zero-order valence-electron chi connectivity index (χ0n) is 11.1. The van der Waals surface area contributed by atoms with Gasteiger partial charge in [-0.05, 0) is 25.3 Å². The lowest BCUT2D eigenvalue weighted by atomic mass is 10.1. The van der Waals surface area contributed by atoms with E-state index in [9.17, 15) is 0 Å². The third-order valence-electron chi connectivity index (χ3n) is 4.07. The van der Waals surface area contributed by atoms with Gasteiger partial charge >= 0.3 is 0 Å². The van der Waals surface area contributed by atoms with E-state index < -0.39 is 0 Å². The van der Waals surface area contributed by atoms with Gasteiger partial charge in [-0.15, -0.1) is 0 Å². The molecule has 0 saturated heterocycles. The Morgan fingerprint density at radius 1 is 1.11 bits per heavy atom. The van der Waals surface area contributed by atoms with Crippen LogP contribution < -0.4 is 5.32 Å². The Kier molecular flexibility index (Phi) is 2.42. The average Bonchev–Trinajstić information content (AvgIpc) is 3.16. The summed E-state index contributed by atoms with van der Waals surface area (Å²) in [7, 11) is 0. The fourth-order valence-electron chi connectivity index (χ4n) is 2.83. The number of rotatable bonds is 2. The molecule has 1 N–H and O–H groups in total. The molecule has 2 aromatic rings. The SMILES string of the molecule is Cc1ccccc1-c1nc2c(c(C3CC3)n1)CNC2. The molecule has 4 rings (SSSR count). The highest BCUT2D eigenvalue weighted by Crippen LogP contribution is 2.42. The normalized spacial score (nSPS) is 17.5. The third kappa shape index (κ3) is 1.85. The van der Waals surface area contributed by atoms with E-state index in [0.29, 0.717) is 5.92 Å². The van der Waals surface area contributed by atoms with Gasteiger partial charge in [0.15, 0.2) is 5.82 Å². The van der Waals surface area contributed by atoms with Crippen LogP contribution in [0.25, 0.3) is 11.4 Å². The molecule has 1 aliphatic carbocycles. The fraction of sp³-hybridized carbons (Fsp3) is 0.375. The van der Waals surface area contributed by atoms with Crippen molar-refractivity contribution in [2.75, 3.05) is 0 Å². The monoisotopic (exact) mass is 251 g/mol. The van der Waals surface area contributed by atoms with Gasteiger partial charge in [0.1, 0.15) is 0 Å². The maximum absolute atomic E-state index is 4.89. The molecule has 96 valence electrons. The summed E-state index contributed by atoms with van der Waals surface area (Å²) in [6.45, 7) is 3.95. The molecule has 0 bridgehead atoms. The van der Waals surface area contributed by atoms with Gasteiger partial charge in [-0.25, -0.2) is 9.97 Å². The van der Waals surface area contributed by atoms with Crippen LogP contribution in [0.15, 0.2) is 24.3 Å². The van der Waals surface area contributed by atoms with Gasteiger partial charge in [-0.3, -0.25) is 0 Å². The van der Waals surface area contributed by atoms with Crippen molar-refractivity contribution in [3.05, 3.63) is 46.8 Å². The van der Waals surface area contributed by atoms with Crippen molar-refractivity contribution in [3.63, 3.8) is 0 Å². The first-order valence-corrected chi connectivity index (χ1v) is 6.99. The van der Waals surface area contributed by atoms with Crippen LogP contribution in [0.1, 0.15) is 41.3 Å². The summed E-state index contributed by atoms with van der Waals surface area (Å²) in [5.41, 5.74) is 6.28. The van der Waals surface area contributed by atoms with E-state index in [1.165, 1.54) is 40.9 Å². The van der Waals surface area contributed by atoms with Crippen molar-refractivity contribution < 1.29 is 0 Å². The van der Waals surface area contributed by atoms with E-state index in [-0.39, 0.29) is 0 Å². The van der Waals surface area contributed by atoms with E-state index in [4.69, 9.17) is 9.97 Å². The Morgan fingerprint density at radius 3 is 2.74 bits per heavy atom. The van der Waals surface area contributed by atoms with Crippen molar-refractivity contribution in [1.29, 1.82) is 0 Å². The van der Waals surface area contributed by atoms with Crippen molar-refractivity contribution in [2.45, 2.75) is 38.8 Å². The summed E-state index contributed by atoms with van der Waals surface area (Å²) >= 11 is 0. The van der Waals surface area contributed by atoms with Crippen LogP contribution in [0.5, 0.6) is 0 Å². The molecule has 19 heavy (non-hydrogen) atoms. The Labute approximate surface area is 113 Å². The molecular formula is C16H17N3. The molecule has 1 saturated carbocycles. The molecule has 3 nitrogen and oxygen atoms in total. The molecule has 0 amide bonds. The summed E-state index contributed by atoms with van der Waals surface area (Å²) in [5.74, 6) is 1.59. The maximum atomic E-state index is 4.89. The van der Waals surface area contributed by atoms with Gasteiger partial charge in [-0.2, -0.15) is 0 Å². The van der Waals surface area contributed by atoms with Gasteiger partial charge < -0.3 is 5.32 Å². The molecule has 1 aromatic heterocycles. The molecule has 2 aliphatic rings. The number of nitrogens with zero attached hydrogens (tertiary/aromatic N) is 2. The summed E-state index contributed by atoms with van der Waals surface area (Å²) in [6, 6.07) is 8.38. The first kappa shape index (κ1) is 11.1. The summed E-state index contributed by atoms with van der Waals surface area (Å²) in [5, 5.41) is 3.40. The summed E-state index contributed by atoms with van der Waals surface area (Å²) in [4.78, 5) is 9.67. The van der Waals surface area contributed by atoms with Crippen LogP contribution in [0.4, 0.5) is 0 Å². The number of fused-ring (bicyclic) bond motifs is 1. The van der Waals surface area contributed by atoms with E-state index in [1.807, 2.05) is 0 Å². The predicted molar refractivity (Wildman–Crippen MR) is 74.7 cm³/mol. The lowest BCUT2D eigenvalue weighted by Gasteiger charge is -2.10. The highest BCUT2D eigenvalue weighted by atomic mass is 15.0. The van der Waals surface area contributed by atoms with E-state index in [0.717, 1.165) is 18.9 Å². The molecule has 0 radical (unpaired) electrons. The highest BCUT2D eigenvalue weighted by molar-refractivity contribution is 5.60. The van der Waals surface area contributed by atoms with Gasteiger partial charge in [0.05, 0.1) is 11.4 Å². The largest absolute Gasteiger partial charge is 0.307 e. The molecule has 0 atom stereocenters. The second kappa shape index (κ2) is 4.14. The number of aryl methyl sites for hydroxylation is 1. The molecule has 1 aromatic carbocycles. The van der Waals surface area contributed by atoms with E-state index >= 15 is 0 Å². The number of nitrogens with one attached hydrogen (secondary N) is 1. The van der Waals surface area contributed by atoms with Crippen molar-refractivity contribution in [1.82, 2.24) is 15.3 Å². The second-order valence-corrected chi connectivity index (χ2v) is 5.55. The standard InChI is InChI=1S/C16H17N3/c1-10-4-2-3-5-12(10)16-18-14-9-17-8-13(14)15(19-16)11-6-7-11/h2-5,11,17H,6-9H2,1H3. The number of hydrogen-bond donors (Lipinski definition) is 1. The minimum atomic E-state index is 0.680. The lowest BCUT2D eigenvalue weighted by molar-refractivity contribution is 0.755. The smallest absolute Gasteiger partial charge is 0.159 e. The van der Waals surface area contributed by atoms with Gasteiger partial charge in [-0.1, -0.05) is 24.3 Å². The minimum absolute atomic E-state index is 0.680. The topological polar surface area (TPSA) is 37.8 Å². The average molecular weight is 251 g/mol. The maximum Gasteiger partial charge on any atom is 0.159 e. The highest BCUT2D eigenvalue weighted by Gasteiger charge is 2.31. The Balaban J connectivity index is 1.90. The zero-order chi connectivity index (χ0) is 12.8. The van der Waals surface area contributed by atoms with Crippen LogP contribution >= 0.6 is 0 Å². The van der Waals surface area contributed by atoms with Gasteiger partial charge in [0.25, 0.3) is 0 Å². The number of benzene rings is 1. The van der Waals surface area contributed by atoms with Crippen LogP contribution in [-0.4, -0.2) is 9.97 Å². The second-order valence-electron chi connectivity index (χ2n) is 5.55. The van der Waals surface area contributed by atoms with Gasteiger partial charge in [0, 0.05) is 30.1 Å². The van der Waals surface area contributed by atoms with Gasteiger partial charge in [0.2, 0.25) is 0 Å². The first-order chi connectivity index (χ1) is 9.33. The Bertz CT molecular complexity index is 644. The molecule has 0 unspecified atom stereocenters. The van der Waals surface area contributed by atoms with E-state index in [1.54, 1.807) is 0 Å². The van der Waals surface area contributed by atoms with Crippen LogP contribution in [0, 0.1) is 6.92 Å². The number of hydrogen-bond acceptors (Lipinski definition) is 3. The summed E-state index contributed by atoms with van der Waals surface area (Å²) < 4.78 is 0. The Hall–Kier alpha value is -1.74. The Morgan fingerprint density at radius 2 is 1.95 bits per heavy atom. The van der Waals surface area contributed by atoms with Crippen molar-refractivity contribution in [2.24, 2.45) is 0 Å². The molecule has 1 aliphatic heterocycles. The van der Waals surface area contributed by atoms with Crippen LogP contribution in [0.2, 0.25) is 0 Å². The minimum Gasteiger partial charge on any atom is -0.307 e. The molecule has 1 fully saturated rings.